The van der Waals surface area contributed by atoms with Gasteiger partial charge in [0.05, 0.1) is 6.54 Å². The Morgan fingerprint density at radius 3 is 2.45 bits per heavy atom. The van der Waals surface area contributed by atoms with Crippen molar-refractivity contribution in [3.8, 4) is 0 Å². The third-order valence-electron chi connectivity index (χ3n) is 3.94. The van der Waals surface area contributed by atoms with Crippen molar-refractivity contribution >= 4 is 17.7 Å². The van der Waals surface area contributed by atoms with E-state index in [1.165, 1.54) is 11.8 Å². The number of aryl methyl sites for hydroxylation is 1. The maximum absolute atomic E-state index is 12.4. The van der Waals surface area contributed by atoms with E-state index in [9.17, 15) is 14.4 Å². The van der Waals surface area contributed by atoms with Crippen molar-refractivity contribution in [2.24, 2.45) is 5.73 Å². The minimum atomic E-state index is -0.735. The lowest BCUT2D eigenvalue weighted by Gasteiger charge is -2.39. The molecule has 0 bridgehead atoms. The van der Waals surface area contributed by atoms with Crippen molar-refractivity contribution < 1.29 is 14.4 Å². The second kappa shape index (κ2) is 7.06. The highest BCUT2D eigenvalue weighted by molar-refractivity contribution is 5.88. The minimum absolute atomic E-state index is 0.101. The van der Waals surface area contributed by atoms with E-state index in [0.29, 0.717) is 25.9 Å². The molecule has 0 aliphatic carbocycles. The van der Waals surface area contributed by atoms with Crippen LogP contribution in [0.4, 0.5) is 0 Å². The van der Waals surface area contributed by atoms with Crippen LogP contribution < -0.4 is 5.73 Å². The second-order valence-electron chi connectivity index (χ2n) is 5.46. The number of rotatable bonds is 4. The summed E-state index contributed by atoms with van der Waals surface area (Å²) in [6, 6.07) is 8.98. The van der Waals surface area contributed by atoms with Gasteiger partial charge < -0.3 is 15.5 Å². The molecule has 6 heteroatoms. The van der Waals surface area contributed by atoms with Gasteiger partial charge in [-0.15, -0.1) is 0 Å². The van der Waals surface area contributed by atoms with Crippen LogP contribution in [0.15, 0.2) is 30.3 Å². The lowest BCUT2D eigenvalue weighted by atomic mass is 10.1. The summed E-state index contributed by atoms with van der Waals surface area (Å²) in [5.74, 6) is -0.780. The van der Waals surface area contributed by atoms with Crippen molar-refractivity contribution in [2.75, 3.05) is 19.6 Å². The Balaban J connectivity index is 1.98. The Labute approximate surface area is 129 Å². The van der Waals surface area contributed by atoms with Crippen LogP contribution in [0.3, 0.4) is 0 Å². The number of nitrogens with zero attached hydrogens (tertiary/aromatic N) is 2. The quantitative estimate of drug-likeness (QED) is 0.860. The number of hydrogen-bond acceptors (Lipinski definition) is 3. The lowest BCUT2D eigenvalue weighted by Crippen LogP contribution is -2.60. The Morgan fingerprint density at radius 2 is 1.86 bits per heavy atom. The predicted molar refractivity (Wildman–Crippen MR) is 81.7 cm³/mol. The molecule has 3 amide bonds. The van der Waals surface area contributed by atoms with E-state index in [1.807, 2.05) is 30.3 Å². The number of primary amides is 1. The Kier molecular flexibility index (Phi) is 5.14. The summed E-state index contributed by atoms with van der Waals surface area (Å²) in [7, 11) is 0. The van der Waals surface area contributed by atoms with E-state index in [2.05, 4.69) is 0 Å². The first-order valence-corrected chi connectivity index (χ1v) is 7.37. The molecule has 1 aliphatic heterocycles. The lowest BCUT2D eigenvalue weighted by molar-refractivity contribution is -0.146. The summed E-state index contributed by atoms with van der Waals surface area (Å²) in [6.45, 7) is 2.42. The van der Waals surface area contributed by atoms with E-state index in [-0.39, 0.29) is 18.4 Å². The van der Waals surface area contributed by atoms with Crippen molar-refractivity contribution in [2.45, 2.75) is 25.8 Å². The van der Waals surface area contributed by atoms with Crippen molar-refractivity contribution in [1.82, 2.24) is 9.80 Å². The van der Waals surface area contributed by atoms with E-state index in [0.717, 1.165) is 5.56 Å². The van der Waals surface area contributed by atoms with E-state index in [1.54, 1.807) is 4.90 Å². The molecule has 22 heavy (non-hydrogen) atoms. The van der Waals surface area contributed by atoms with Crippen LogP contribution in [0.5, 0.6) is 0 Å². The molecule has 2 N–H and O–H groups in total. The fraction of sp³-hybridized carbons (Fsp3) is 0.438. The Morgan fingerprint density at radius 1 is 1.18 bits per heavy atom. The van der Waals surface area contributed by atoms with E-state index < -0.39 is 11.9 Å². The zero-order valence-electron chi connectivity index (χ0n) is 12.7. The average Bonchev–Trinajstić information content (AvgIpc) is 2.52. The largest absolute Gasteiger partial charge is 0.368 e. The first-order chi connectivity index (χ1) is 10.5. The van der Waals surface area contributed by atoms with E-state index >= 15 is 0 Å². The van der Waals surface area contributed by atoms with Crippen LogP contribution in [0.25, 0.3) is 0 Å². The summed E-state index contributed by atoms with van der Waals surface area (Å²) in [5.41, 5.74) is 6.47. The van der Waals surface area contributed by atoms with Crippen LogP contribution in [-0.2, 0) is 20.8 Å². The third-order valence-corrected chi connectivity index (χ3v) is 3.94. The zero-order chi connectivity index (χ0) is 16.1. The summed E-state index contributed by atoms with van der Waals surface area (Å²) in [6.07, 6.45) is 0.950. The fourth-order valence-electron chi connectivity index (χ4n) is 2.65. The number of carbonyl (C=O) groups excluding carboxylic acids is 3. The highest BCUT2D eigenvalue weighted by Gasteiger charge is 2.34. The second-order valence-corrected chi connectivity index (χ2v) is 5.46. The molecule has 1 fully saturated rings. The number of nitrogens with two attached hydrogens (primary N) is 1. The van der Waals surface area contributed by atoms with Gasteiger partial charge in [0.2, 0.25) is 17.7 Å². The molecule has 1 unspecified atom stereocenters. The molecule has 1 aromatic rings. The number of hydrogen-bond donors (Lipinski definition) is 1. The molecule has 1 saturated heterocycles. The number of carbonyl (C=O) groups is 3. The van der Waals surface area contributed by atoms with Crippen LogP contribution in [0.2, 0.25) is 0 Å². The number of piperazine rings is 1. The zero-order valence-corrected chi connectivity index (χ0v) is 12.7. The minimum Gasteiger partial charge on any atom is -0.368 e. The third kappa shape index (κ3) is 3.84. The molecule has 0 saturated carbocycles. The summed E-state index contributed by atoms with van der Waals surface area (Å²) < 4.78 is 0. The first kappa shape index (κ1) is 16.0. The molecule has 1 aliphatic rings. The van der Waals surface area contributed by atoms with Gasteiger partial charge in [0.25, 0.3) is 0 Å². The van der Waals surface area contributed by atoms with Gasteiger partial charge in [0, 0.05) is 26.4 Å². The molecule has 6 nitrogen and oxygen atoms in total. The van der Waals surface area contributed by atoms with Gasteiger partial charge >= 0.3 is 0 Å². The Bertz CT molecular complexity index is 559. The summed E-state index contributed by atoms with van der Waals surface area (Å²) in [5, 5.41) is 0. The highest BCUT2D eigenvalue weighted by Crippen LogP contribution is 2.13. The maximum atomic E-state index is 12.4. The van der Waals surface area contributed by atoms with Gasteiger partial charge in [-0.2, -0.15) is 0 Å². The SMILES string of the molecule is CC(=O)N1CCN(C(=O)CCc2ccccc2)C(C(N)=O)C1. The Hall–Kier alpha value is -2.37. The molecule has 1 atom stereocenters. The van der Waals surface area contributed by atoms with Crippen molar-refractivity contribution in [3.05, 3.63) is 35.9 Å². The molecular weight excluding hydrogens is 282 g/mol. The number of amides is 3. The van der Waals surface area contributed by atoms with Crippen LogP contribution in [0.1, 0.15) is 18.9 Å². The molecular formula is C16H21N3O3. The van der Waals surface area contributed by atoms with Crippen LogP contribution in [0, 0.1) is 0 Å². The summed E-state index contributed by atoms with van der Waals surface area (Å²) in [4.78, 5) is 38.5. The van der Waals surface area contributed by atoms with Gasteiger partial charge in [-0.05, 0) is 12.0 Å². The van der Waals surface area contributed by atoms with E-state index in [4.69, 9.17) is 5.73 Å². The number of benzene rings is 1. The molecule has 1 heterocycles. The van der Waals surface area contributed by atoms with Gasteiger partial charge in [-0.1, -0.05) is 30.3 Å². The topological polar surface area (TPSA) is 83.7 Å². The molecule has 2 rings (SSSR count). The standard InChI is InChI=1S/C16H21N3O3/c1-12(20)18-9-10-19(14(11-18)16(17)22)15(21)8-7-13-5-3-2-4-6-13/h2-6,14H,7-11H2,1H3,(H2,17,22). The van der Waals surface area contributed by atoms with Crippen molar-refractivity contribution in [3.63, 3.8) is 0 Å². The normalized spacial score (nSPS) is 18.1. The smallest absolute Gasteiger partial charge is 0.242 e. The van der Waals surface area contributed by atoms with Crippen LogP contribution >= 0.6 is 0 Å². The molecule has 0 radical (unpaired) electrons. The molecule has 0 aromatic heterocycles. The van der Waals surface area contributed by atoms with Gasteiger partial charge in [0.1, 0.15) is 6.04 Å². The van der Waals surface area contributed by atoms with Gasteiger partial charge in [0.15, 0.2) is 0 Å². The fourth-order valence-corrected chi connectivity index (χ4v) is 2.65. The predicted octanol–water partition coefficient (Wildman–Crippen LogP) is 0.164. The first-order valence-electron chi connectivity index (χ1n) is 7.37. The molecule has 0 spiro atoms. The van der Waals surface area contributed by atoms with Crippen molar-refractivity contribution in [1.29, 1.82) is 0 Å². The molecule has 118 valence electrons. The average molecular weight is 303 g/mol. The monoisotopic (exact) mass is 303 g/mol. The highest BCUT2D eigenvalue weighted by atomic mass is 16.2. The summed E-state index contributed by atoms with van der Waals surface area (Å²) >= 11 is 0. The van der Waals surface area contributed by atoms with Gasteiger partial charge in [-0.3, -0.25) is 14.4 Å². The molecule has 1 aromatic carbocycles. The maximum Gasteiger partial charge on any atom is 0.242 e. The van der Waals surface area contributed by atoms with Gasteiger partial charge in [-0.25, -0.2) is 0 Å². The van der Waals surface area contributed by atoms with Crippen LogP contribution in [-0.4, -0.2) is 53.2 Å².